The van der Waals surface area contributed by atoms with Gasteiger partial charge in [-0.15, -0.1) is 0 Å². The number of amides is 3. The lowest BCUT2D eigenvalue weighted by molar-refractivity contribution is -0.132. The van der Waals surface area contributed by atoms with Gasteiger partial charge in [0.15, 0.2) is 11.5 Å². The van der Waals surface area contributed by atoms with Crippen molar-refractivity contribution in [2.75, 3.05) is 6.79 Å². The van der Waals surface area contributed by atoms with Gasteiger partial charge in [0.2, 0.25) is 6.79 Å². The van der Waals surface area contributed by atoms with Crippen LogP contribution in [0.25, 0.3) is 0 Å². The molecule has 1 fully saturated rings. The highest BCUT2D eigenvalue weighted by atomic mass is 16.7. The summed E-state index contributed by atoms with van der Waals surface area (Å²) in [6.45, 7) is 4.26. The Labute approximate surface area is 123 Å². The van der Waals surface area contributed by atoms with Crippen molar-refractivity contribution in [1.82, 2.24) is 10.2 Å². The molecule has 0 spiro atoms. The van der Waals surface area contributed by atoms with Gasteiger partial charge in [-0.3, -0.25) is 9.69 Å². The highest BCUT2D eigenvalue weighted by Gasteiger charge is 2.48. The third-order valence-corrected chi connectivity index (χ3v) is 4.23. The van der Waals surface area contributed by atoms with Crippen molar-refractivity contribution in [2.24, 2.45) is 0 Å². The number of hydrogen-bond acceptors (Lipinski definition) is 4. The molecule has 3 amide bonds. The van der Waals surface area contributed by atoms with Crippen LogP contribution in [-0.2, 0) is 11.3 Å². The second kappa shape index (κ2) is 4.95. The van der Waals surface area contributed by atoms with E-state index >= 15 is 0 Å². The lowest BCUT2D eigenvalue weighted by Crippen LogP contribution is -2.45. The number of fused-ring (bicyclic) bond motifs is 1. The molecular weight excluding hydrogens is 272 g/mol. The third kappa shape index (κ3) is 2.11. The molecule has 0 atom stereocenters. The number of urea groups is 1. The fraction of sp³-hybridized carbons (Fsp3) is 0.467. The molecule has 0 aromatic heterocycles. The van der Waals surface area contributed by atoms with Gasteiger partial charge in [0.25, 0.3) is 5.91 Å². The zero-order valence-corrected chi connectivity index (χ0v) is 12.1. The summed E-state index contributed by atoms with van der Waals surface area (Å²) in [5.41, 5.74) is 0.0821. The van der Waals surface area contributed by atoms with E-state index in [0.717, 1.165) is 5.56 Å². The fourth-order valence-electron chi connectivity index (χ4n) is 2.77. The van der Waals surface area contributed by atoms with Gasteiger partial charge in [-0.1, -0.05) is 19.9 Å². The van der Waals surface area contributed by atoms with E-state index in [1.54, 1.807) is 12.1 Å². The molecular formula is C15H18N2O4. The Hall–Kier alpha value is -2.24. The Bertz CT molecular complexity index is 595. The molecule has 6 heteroatoms. The number of rotatable bonds is 4. The molecule has 6 nitrogen and oxygen atoms in total. The molecule has 0 saturated carbocycles. The van der Waals surface area contributed by atoms with E-state index in [-0.39, 0.29) is 25.3 Å². The van der Waals surface area contributed by atoms with Crippen molar-refractivity contribution in [3.05, 3.63) is 23.8 Å². The maximum absolute atomic E-state index is 12.5. The van der Waals surface area contributed by atoms with Crippen molar-refractivity contribution in [1.29, 1.82) is 0 Å². The van der Waals surface area contributed by atoms with Gasteiger partial charge in [-0.05, 0) is 30.5 Å². The normalized spacial score (nSPS) is 19.0. The van der Waals surface area contributed by atoms with Gasteiger partial charge in [0.05, 0.1) is 6.54 Å². The van der Waals surface area contributed by atoms with Crippen molar-refractivity contribution in [2.45, 2.75) is 38.8 Å². The van der Waals surface area contributed by atoms with Crippen LogP contribution in [-0.4, -0.2) is 29.2 Å². The van der Waals surface area contributed by atoms with Crippen LogP contribution in [0.2, 0.25) is 0 Å². The second-order valence-corrected chi connectivity index (χ2v) is 5.30. The van der Waals surface area contributed by atoms with E-state index in [0.29, 0.717) is 24.3 Å². The van der Waals surface area contributed by atoms with E-state index in [1.165, 1.54) is 4.90 Å². The van der Waals surface area contributed by atoms with Gasteiger partial charge in [-0.25, -0.2) is 4.79 Å². The Morgan fingerprint density at radius 1 is 1.19 bits per heavy atom. The number of ether oxygens (including phenoxy) is 2. The molecule has 1 aromatic rings. The number of benzene rings is 1. The van der Waals surface area contributed by atoms with Crippen LogP contribution < -0.4 is 14.8 Å². The zero-order valence-electron chi connectivity index (χ0n) is 12.1. The molecule has 0 unspecified atom stereocenters. The zero-order chi connectivity index (χ0) is 15.0. The van der Waals surface area contributed by atoms with E-state index in [4.69, 9.17) is 9.47 Å². The third-order valence-electron chi connectivity index (χ3n) is 4.23. The predicted molar refractivity (Wildman–Crippen MR) is 75.0 cm³/mol. The lowest BCUT2D eigenvalue weighted by atomic mass is 9.93. The first-order valence-electron chi connectivity index (χ1n) is 7.12. The highest BCUT2D eigenvalue weighted by Crippen LogP contribution is 2.33. The summed E-state index contributed by atoms with van der Waals surface area (Å²) >= 11 is 0. The minimum absolute atomic E-state index is 0.157. The number of hydrogen-bond donors (Lipinski definition) is 1. The summed E-state index contributed by atoms with van der Waals surface area (Å²) in [5, 5.41) is 2.82. The molecule has 2 aliphatic heterocycles. The number of carbonyl (C=O) groups excluding carboxylic acids is 2. The maximum Gasteiger partial charge on any atom is 0.325 e. The Balaban J connectivity index is 1.82. The van der Waals surface area contributed by atoms with Gasteiger partial charge in [0.1, 0.15) is 5.54 Å². The smallest absolute Gasteiger partial charge is 0.325 e. The van der Waals surface area contributed by atoms with Crippen molar-refractivity contribution in [3.63, 3.8) is 0 Å². The van der Waals surface area contributed by atoms with Gasteiger partial charge in [0, 0.05) is 0 Å². The topological polar surface area (TPSA) is 67.9 Å². The largest absolute Gasteiger partial charge is 0.454 e. The summed E-state index contributed by atoms with van der Waals surface area (Å²) in [5.74, 6) is 1.18. The molecule has 0 aliphatic carbocycles. The minimum atomic E-state index is -0.757. The van der Waals surface area contributed by atoms with E-state index in [2.05, 4.69) is 5.32 Å². The molecule has 0 bridgehead atoms. The molecule has 1 saturated heterocycles. The number of nitrogens with zero attached hydrogens (tertiary/aromatic N) is 1. The summed E-state index contributed by atoms with van der Waals surface area (Å²) in [7, 11) is 0. The summed E-state index contributed by atoms with van der Waals surface area (Å²) in [6, 6.07) is 5.11. The van der Waals surface area contributed by atoms with Gasteiger partial charge in [-0.2, -0.15) is 0 Å². The maximum atomic E-state index is 12.5. The summed E-state index contributed by atoms with van der Waals surface area (Å²) < 4.78 is 10.6. The molecule has 3 rings (SSSR count). The molecule has 2 aliphatic rings. The molecule has 1 N–H and O–H groups in total. The first-order valence-corrected chi connectivity index (χ1v) is 7.12. The van der Waals surface area contributed by atoms with E-state index in [1.807, 2.05) is 19.9 Å². The first-order chi connectivity index (χ1) is 10.1. The Morgan fingerprint density at radius 3 is 2.57 bits per heavy atom. The highest BCUT2D eigenvalue weighted by molar-refractivity contribution is 6.06. The van der Waals surface area contributed by atoms with E-state index < -0.39 is 5.54 Å². The van der Waals surface area contributed by atoms with Gasteiger partial charge < -0.3 is 14.8 Å². The SMILES string of the molecule is CCC1(CC)NC(=O)N(Cc2ccc3c(c2)OCO3)C1=O. The molecule has 2 heterocycles. The number of carbonyl (C=O) groups is 2. The quantitative estimate of drug-likeness (QED) is 0.861. The van der Waals surface area contributed by atoms with Gasteiger partial charge >= 0.3 is 6.03 Å². The lowest BCUT2D eigenvalue weighted by Gasteiger charge is -2.23. The molecule has 0 radical (unpaired) electrons. The molecule has 112 valence electrons. The molecule has 1 aromatic carbocycles. The van der Waals surface area contributed by atoms with E-state index in [9.17, 15) is 9.59 Å². The van der Waals surface area contributed by atoms with Crippen LogP contribution >= 0.6 is 0 Å². The van der Waals surface area contributed by atoms with Crippen LogP contribution in [0.1, 0.15) is 32.3 Å². The summed E-state index contributed by atoms with van der Waals surface area (Å²) in [6.07, 6.45) is 1.18. The Kier molecular flexibility index (Phi) is 3.23. The van der Waals surface area contributed by atoms with Crippen molar-refractivity contribution < 1.29 is 19.1 Å². The van der Waals surface area contributed by atoms with Crippen LogP contribution in [0.4, 0.5) is 4.79 Å². The number of imide groups is 1. The fourth-order valence-corrected chi connectivity index (χ4v) is 2.77. The van der Waals surface area contributed by atoms with Crippen molar-refractivity contribution >= 4 is 11.9 Å². The van der Waals surface area contributed by atoms with Crippen LogP contribution in [0.5, 0.6) is 11.5 Å². The van der Waals surface area contributed by atoms with Crippen LogP contribution in [0.3, 0.4) is 0 Å². The first kappa shape index (κ1) is 13.7. The van der Waals surface area contributed by atoms with Crippen molar-refractivity contribution in [3.8, 4) is 11.5 Å². The number of nitrogens with one attached hydrogen (secondary N) is 1. The second-order valence-electron chi connectivity index (χ2n) is 5.30. The summed E-state index contributed by atoms with van der Waals surface area (Å²) in [4.78, 5) is 25.9. The standard InChI is InChI=1S/C15H18N2O4/c1-3-15(4-2)13(18)17(14(19)16-15)8-10-5-6-11-12(7-10)21-9-20-11/h5-7H,3-4,8-9H2,1-2H3,(H,16,19). The Morgan fingerprint density at radius 2 is 1.90 bits per heavy atom. The van der Waals surface area contributed by atoms with Crippen LogP contribution in [0.15, 0.2) is 18.2 Å². The monoisotopic (exact) mass is 290 g/mol. The van der Waals surface area contributed by atoms with Crippen LogP contribution in [0, 0.1) is 0 Å². The average molecular weight is 290 g/mol. The average Bonchev–Trinajstić information content (AvgIpc) is 3.05. The molecule has 21 heavy (non-hydrogen) atoms. The predicted octanol–water partition coefficient (Wildman–Crippen LogP) is 2.03. The minimum Gasteiger partial charge on any atom is -0.454 e.